The van der Waals surface area contributed by atoms with Crippen LogP contribution in [0.3, 0.4) is 0 Å². The molecular formula is C19H20F2N4O3. The molecule has 0 bridgehead atoms. The maximum atomic E-state index is 13.4. The van der Waals surface area contributed by atoms with Gasteiger partial charge in [-0.05, 0) is 37.8 Å². The molecule has 148 valence electrons. The summed E-state index contributed by atoms with van der Waals surface area (Å²) < 4.78 is 33.0. The van der Waals surface area contributed by atoms with Gasteiger partial charge in [-0.2, -0.15) is 5.10 Å². The van der Waals surface area contributed by atoms with Gasteiger partial charge in [-0.15, -0.1) is 0 Å². The van der Waals surface area contributed by atoms with Crippen molar-refractivity contribution in [2.75, 3.05) is 18.5 Å². The number of hydrogen-bond donors (Lipinski definition) is 1. The molecule has 0 radical (unpaired) electrons. The fourth-order valence-corrected chi connectivity index (χ4v) is 3.82. The van der Waals surface area contributed by atoms with Crippen molar-refractivity contribution < 1.29 is 23.1 Å². The van der Waals surface area contributed by atoms with Gasteiger partial charge in [-0.3, -0.25) is 4.79 Å². The topological polar surface area (TPSA) is 76.5 Å². The van der Waals surface area contributed by atoms with E-state index in [-0.39, 0.29) is 29.6 Å². The average molecular weight is 390 g/mol. The Labute approximate surface area is 160 Å². The highest BCUT2D eigenvalue weighted by Crippen LogP contribution is 2.30. The normalized spacial score (nSPS) is 22.2. The lowest BCUT2D eigenvalue weighted by Crippen LogP contribution is -2.40. The number of rotatable bonds is 4. The third-order valence-electron chi connectivity index (χ3n) is 5.25. The minimum absolute atomic E-state index is 0.126. The highest BCUT2D eigenvalue weighted by molar-refractivity contribution is 5.91. The summed E-state index contributed by atoms with van der Waals surface area (Å²) in [6.07, 6.45) is 4.12. The van der Waals surface area contributed by atoms with Crippen LogP contribution < -0.4 is 5.32 Å². The molecule has 1 aliphatic carbocycles. The standard InChI is InChI=1S/C19H20F2N4O3/c20-13-9-14(21)11-16(10-13)25-6-5-17(23-25)22-18(26)12-1-3-15(4-2-12)24-7-8-28-19(24)27/h5-6,9-12,15H,1-4,7-8H2,(H,22,23,26). The Hall–Kier alpha value is -2.97. The molecule has 1 aromatic heterocycles. The molecule has 28 heavy (non-hydrogen) atoms. The fraction of sp³-hybridized carbons (Fsp3) is 0.421. The lowest BCUT2D eigenvalue weighted by molar-refractivity contribution is -0.121. The Balaban J connectivity index is 1.34. The number of carbonyl (C=O) groups is 2. The second kappa shape index (κ2) is 7.57. The number of cyclic esters (lactones) is 1. The second-order valence-electron chi connectivity index (χ2n) is 7.08. The molecule has 1 aliphatic heterocycles. The quantitative estimate of drug-likeness (QED) is 0.870. The van der Waals surface area contributed by atoms with Crippen LogP contribution in [0.1, 0.15) is 25.7 Å². The van der Waals surface area contributed by atoms with Crippen LogP contribution in [0.5, 0.6) is 0 Å². The Bertz CT molecular complexity index is 873. The maximum absolute atomic E-state index is 13.4. The maximum Gasteiger partial charge on any atom is 0.410 e. The lowest BCUT2D eigenvalue weighted by atomic mass is 9.85. The molecule has 2 amide bonds. The number of amides is 2. The Morgan fingerprint density at radius 2 is 1.86 bits per heavy atom. The minimum atomic E-state index is -0.699. The van der Waals surface area contributed by atoms with Crippen molar-refractivity contribution in [2.24, 2.45) is 5.92 Å². The zero-order chi connectivity index (χ0) is 19.7. The van der Waals surface area contributed by atoms with Crippen molar-refractivity contribution in [3.8, 4) is 5.69 Å². The first kappa shape index (κ1) is 18.4. The van der Waals surface area contributed by atoms with Crippen LogP contribution in [0.25, 0.3) is 5.69 Å². The zero-order valence-corrected chi connectivity index (χ0v) is 15.1. The molecule has 1 saturated carbocycles. The summed E-state index contributed by atoms with van der Waals surface area (Å²) in [7, 11) is 0. The van der Waals surface area contributed by atoms with Gasteiger partial charge in [-0.1, -0.05) is 0 Å². The van der Waals surface area contributed by atoms with Crippen LogP contribution in [0.4, 0.5) is 19.4 Å². The number of halogens is 2. The van der Waals surface area contributed by atoms with E-state index in [1.165, 1.54) is 10.9 Å². The SMILES string of the molecule is O=C(Nc1ccn(-c2cc(F)cc(F)c2)n1)C1CCC(N2CCOC2=O)CC1. The van der Waals surface area contributed by atoms with Crippen LogP contribution in [-0.2, 0) is 9.53 Å². The molecule has 0 atom stereocenters. The third-order valence-corrected chi connectivity index (χ3v) is 5.25. The van der Waals surface area contributed by atoms with Crippen LogP contribution in [0.15, 0.2) is 30.5 Å². The summed E-state index contributed by atoms with van der Waals surface area (Å²) in [5.41, 5.74) is 0.232. The van der Waals surface area contributed by atoms with Crippen LogP contribution in [0, 0.1) is 17.6 Å². The molecule has 2 fully saturated rings. The minimum Gasteiger partial charge on any atom is -0.448 e. The van der Waals surface area contributed by atoms with E-state index >= 15 is 0 Å². The van der Waals surface area contributed by atoms with Gasteiger partial charge < -0.3 is 15.0 Å². The molecule has 2 heterocycles. The van der Waals surface area contributed by atoms with Crippen LogP contribution >= 0.6 is 0 Å². The molecule has 1 saturated heterocycles. The Morgan fingerprint density at radius 3 is 2.50 bits per heavy atom. The predicted molar refractivity (Wildman–Crippen MR) is 95.9 cm³/mol. The monoisotopic (exact) mass is 390 g/mol. The summed E-state index contributed by atoms with van der Waals surface area (Å²) in [6, 6.07) is 4.81. The van der Waals surface area contributed by atoms with E-state index < -0.39 is 11.6 Å². The number of nitrogens with zero attached hydrogens (tertiary/aromatic N) is 3. The Kier molecular flexibility index (Phi) is 4.97. The zero-order valence-electron chi connectivity index (χ0n) is 15.1. The van der Waals surface area contributed by atoms with Crippen molar-refractivity contribution >= 4 is 17.8 Å². The van der Waals surface area contributed by atoms with E-state index in [0.717, 1.165) is 31.0 Å². The van der Waals surface area contributed by atoms with Gasteiger partial charge in [0.25, 0.3) is 0 Å². The van der Waals surface area contributed by atoms with E-state index in [0.29, 0.717) is 31.8 Å². The van der Waals surface area contributed by atoms with E-state index in [9.17, 15) is 18.4 Å². The number of ether oxygens (including phenoxy) is 1. The molecule has 1 aromatic carbocycles. The van der Waals surface area contributed by atoms with E-state index in [1.807, 2.05) is 0 Å². The van der Waals surface area contributed by atoms with Crippen molar-refractivity contribution in [1.82, 2.24) is 14.7 Å². The number of anilines is 1. The molecule has 7 nitrogen and oxygen atoms in total. The fourth-order valence-electron chi connectivity index (χ4n) is 3.82. The van der Waals surface area contributed by atoms with Crippen LogP contribution in [0.2, 0.25) is 0 Å². The molecular weight excluding hydrogens is 370 g/mol. The molecule has 1 N–H and O–H groups in total. The van der Waals surface area contributed by atoms with Crippen molar-refractivity contribution in [2.45, 2.75) is 31.7 Å². The van der Waals surface area contributed by atoms with Gasteiger partial charge in [-0.25, -0.2) is 18.3 Å². The number of hydrogen-bond acceptors (Lipinski definition) is 4. The Morgan fingerprint density at radius 1 is 1.14 bits per heavy atom. The van der Waals surface area contributed by atoms with Crippen LogP contribution in [-0.4, -0.2) is 45.9 Å². The van der Waals surface area contributed by atoms with E-state index in [1.54, 1.807) is 11.0 Å². The van der Waals surface area contributed by atoms with Gasteiger partial charge in [0.2, 0.25) is 5.91 Å². The van der Waals surface area contributed by atoms with Crippen molar-refractivity contribution in [1.29, 1.82) is 0 Å². The van der Waals surface area contributed by atoms with Gasteiger partial charge in [0.05, 0.1) is 12.2 Å². The first-order valence-electron chi connectivity index (χ1n) is 9.26. The lowest BCUT2D eigenvalue weighted by Gasteiger charge is -2.32. The van der Waals surface area contributed by atoms with Gasteiger partial charge in [0, 0.05) is 30.3 Å². The average Bonchev–Trinajstić information content (AvgIpc) is 3.30. The second-order valence-corrected chi connectivity index (χ2v) is 7.08. The number of carbonyl (C=O) groups excluding carboxylic acids is 2. The first-order valence-corrected chi connectivity index (χ1v) is 9.26. The number of aromatic nitrogens is 2. The molecule has 0 spiro atoms. The molecule has 0 unspecified atom stereocenters. The summed E-state index contributed by atoms with van der Waals surface area (Å²) in [4.78, 5) is 25.9. The summed E-state index contributed by atoms with van der Waals surface area (Å²) in [6.45, 7) is 1.04. The van der Waals surface area contributed by atoms with Gasteiger partial charge in [0.1, 0.15) is 18.2 Å². The predicted octanol–water partition coefficient (Wildman–Crippen LogP) is 3.10. The number of nitrogens with one attached hydrogen (secondary N) is 1. The first-order chi connectivity index (χ1) is 13.5. The molecule has 4 rings (SSSR count). The molecule has 2 aromatic rings. The largest absolute Gasteiger partial charge is 0.448 e. The summed E-state index contributed by atoms with van der Waals surface area (Å²) in [5.74, 6) is -1.38. The third kappa shape index (κ3) is 3.83. The molecule has 2 aliphatic rings. The number of benzene rings is 1. The highest BCUT2D eigenvalue weighted by Gasteiger charge is 2.34. The van der Waals surface area contributed by atoms with Crippen molar-refractivity contribution in [3.05, 3.63) is 42.1 Å². The van der Waals surface area contributed by atoms with Crippen molar-refractivity contribution in [3.63, 3.8) is 0 Å². The van der Waals surface area contributed by atoms with E-state index in [4.69, 9.17) is 4.74 Å². The molecule has 9 heteroatoms. The van der Waals surface area contributed by atoms with Gasteiger partial charge in [0.15, 0.2) is 5.82 Å². The van der Waals surface area contributed by atoms with E-state index in [2.05, 4.69) is 10.4 Å². The smallest absolute Gasteiger partial charge is 0.410 e. The van der Waals surface area contributed by atoms with Gasteiger partial charge >= 0.3 is 6.09 Å². The summed E-state index contributed by atoms with van der Waals surface area (Å²) in [5, 5.41) is 6.93. The highest BCUT2D eigenvalue weighted by atomic mass is 19.1. The summed E-state index contributed by atoms with van der Waals surface area (Å²) >= 11 is 0.